The molecule has 0 saturated carbocycles. The van der Waals surface area contributed by atoms with Gasteiger partial charge in [-0.25, -0.2) is 4.98 Å². The van der Waals surface area contributed by atoms with E-state index in [-0.39, 0.29) is 0 Å². The molecule has 1 heterocycles. The number of hydrogen-bond acceptors (Lipinski definition) is 3. The van der Waals surface area contributed by atoms with Crippen LogP contribution >= 0.6 is 11.3 Å². The highest BCUT2D eigenvalue weighted by Gasteiger charge is 2.06. The van der Waals surface area contributed by atoms with E-state index < -0.39 is 0 Å². The molecule has 0 aliphatic heterocycles. The smallest absolute Gasteiger partial charge is 0.0900 e. The normalized spacial score (nSPS) is 10.6. The Balaban J connectivity index is 2.76. The van der Waals surface area contributed by atoms with Crippen molar-refractivity contribution in [3.63, 3.8) is 0 Å². The van der Waals surface area contributed by atoms with Crippen LogP contribution in [0.15, 0.2) is 0 Å². The van der Waals surface area contributed by atoms with Gasteiger partial charge in [-0.1, -0.05) is 13.3 Å². The Morgan fingerprint density at radius 2 is 2.25 bits per heavy atom. The molecule has 0 aliphatic carbocycles. The average Bonchev–Trinajstić information content (AvgIpc) is 2.33. The van der Waals surface area contributed by atoms with E-state index in [1.54, 1.807) is 0 Å². The molecule has 3 heteroatoms. The van der Waals surface area contributed by atoms with E-state index in [1.165, 1.54) is 28.4 Å². The van der Waals surface area contributed by atoms with E-state index in [1.807, 2.05) is 18.4 Å². The van der Waals surface area contributed by atoms with Crippen LogP contribution in [0.3, 0.4) is 0 Å². The highest BCUT2D eigenvalue weighted by Crippen LogP contribution is 2.19. The van der Waals surface area contributed by atoms with E-state index in [4.69, 9.17) is 0 Å². The van der Waals surface area contributed by atoms with Crippen LogP contribution in [0.5, 0.6) is 0 Å². The van der Waals surface area contributed by atoms with Crippen molar-refractivity contribution in [3.8, 4) is 0 Å². The van der Waals surface area contributed by atoms with Crippen LogP contribution in [-0.4, -0.2) is 12.0 Å². The summed E-state index contributed by atoms with van der Waals surface area (Å²) in [5.41, 5.74) is 1.24. The largest absolute Gasteiger partial charge is 0.314 e. The molecule has 1 rings (SSSR count). The summed E-state index contributed by atoms with van der Waals surface area (Å²) in [6, 6.07) is 0. The molecular weight excluding hydrogens is 168 g/mol. The van der Waals surface area contributed by atoms with Crippen LogP contribution in [0.2, 0.25) is 0 Å². The van der Waals surface area contributed by atoms with Crippen molar-refractivity contribution in [3.05, 3.63) is 15.6 Å². The summed E-state index contributed by atoms with van der Waals surface area (Å²) >= 11 is 1.83. The molecule has 0 unspecified atom stereocenters. The van der Waals surface area contributed by atoms with Crippen molar-refractivity contribution in [1.82, 2.24) is 10.3 Å². The Kier molecular flexibility index (Phi) is 3.69. The van der Waals surface area contributed by atoms with Gasteiger partial charge in [-0.2, -0.15) is 0 Å². The van der Waals surface area contributed by atoms with Gasteiger partial charge in [-0.05, 0) is 20.4 Å². The Morgan fingerprint density at radius 3 is 2.83 bits per heavy atom. The topological polar surface area (TPSA) is 24.9 Å². The highest BCUT2D eigenvalue weighted by atomic mass is 32.1. The molecular formula is C9H16N2S. The first-order chi connectivity index (χ1) is 5.77. The van der Waals surface area contributed by atoms with Crippen molar-refractivity contribution >= 4 is 11.3 Å². The maximum atomic E-state index is 4.47. The fourth-order valence-electron chi connectivity index (χ4n) is 1.24. The van der Waals surface area contributed by atoms with Crippen molar-refractivity contribution in [1.29, 1.82) is 0 Å². The molecule has 0 radical (unpaired) electrons. The van der Waals surface area contributed by atoms with Gasteiger partial charge in [-0.15, -0.1) is 11.3 Å². The third-order valence-electron chi connectivity index (χ3n) is 1.71. The molecule has 1 N–H and O–H groups in total. The minimum absolute atomic E-state index is 0.902. The summed E-state index contributed by atoms with van der Waals surface area (Å²) in [5.74, 6) is 0. The molecule has 2 nitrogen and oxygen atoms in total. The highest BCUT2D eigenvalue weighted by molar-refractivity contribution is 7.11. The van der Waals surface area contributed by atoms with Crippen LogP contribution < -0.4 is 5.32 Å². The van der Waals surface area contributed by atoms with Crippen molar-refractivity contribution in [2.45, 2.75) is 33.2 Å². The van der Waals surface area contributed by atoms with Crippen molar-refractivity contribution in [2.75, 3.05) is 7.05 Å². The lowest BCUT2D eigenvalue weighted by molar-refractivity contribution is 0.777. The minimum atomic E-state index is 0.902. The molecule has 0 spiro atoms. The fraction of sp³-hybridized carbons (Fsp3) is 0.667. The summed E-state index contributed by atoms with van der Waals surface area (Å²) < 4.78 is 0. The van der Waals surface area contributed by atoms with Crippen LogP contribution in [0.4, 0.5) is 0 Å². The summed E-state index contributed by atoms with van der Waals surface area (Å²) in [7, 11) is 1.96. The number of aryl methyl sites for hydroxylation is 2. The maximum absolute atomic E-state index is 4.47. The van der Waals surface area contributed by atoms with E-state index in [9.17, 15) is 0 Å². The molecule has 68 valence electrons. The predicted molar refractivity (Wildman–Crippen MR) is 53.6 cm³/mol. The van der Waals surface area contributed by atoms with E-state index >= 15 is 0 Å². The van der Waals surface area contributed by atoms with E-state index in [2.05, 4.69) is 24.1 Å². The minimum Gasteiger partial charge on any atom is -0.314 e. The first kappa shape index (κ1) is 9.68. The molecule has 0 atom stereocenters. The van der Waals surface area contributed by atoms with Gasteiger partial charge in [0.1, 0.15) is 0 Å². The molecule has 1 aromatic heterocycles. The first-order valence-electron chi connectivity index (χ1n) is 4.37. The second-order valence-electron chi connectivity index (χ2n) is 2.88. The van der Waals surface area contributed by atoms with Gasteiger partial charge >= 0.3 is 0 Å². The van der Waals surface area contributed by atoms with E-state index in [0.29, 0.717) is 0 Å². The van der Waals surface area contributed by atoms with Gasteiger partial charge in [0.05, 0.1) is 10.7 Å². The Hall–Kier alpha value is -0.410. The lowest BCUT2D eigenvalue weighted by Crippen LogP contribution is -2.07. The number of nitrogens with one attached hydrogen (secondary N) is 1. The molecule has 12 heavy (non-hydrogen) atoms. The summed E-state index contributed by atoms with van der Waals surface area (Å²) in [5, 5.41) is 4.32. The van der Waals surface area contributed by atoms with Crippen LogP contribution in [0.25, 0.3) is 0 Å². The van der Waals surface area contributed by atoms with Gasteiger partial charge in [0, 0.05) is 11.4 Å². The molecule has 0 amide bonds. The third kappa shape index (κ3) is 2.29. The van der Waals surface area contributed by atoms with Gasteiger partial charge in [0.2, 0.25) is 0 Å². The molecule has 1 aromatic rings. The van der Waals surface area contributed by atoms with Gasteiger partial charge in [0.15, 0.2) is 0 Å². The second-order valence-corrected chi connectivity index (χ2v) is 4.17. The fourth-order valence-corrected chi connectivity index (χ4v) is 2.29. The average molecular weight is 184 g/mol. The molecule has 0 fully saturated rings. The van der Waals surface area contributed by atoms with E-state index in [0.717, 1.165) is 6.54 Å². The lowest BCUT2D eigenvalue weighted by Gasteiger charge is -1.98. The Labute approximate surface area is 78.0 Å². The van der Waals surface area contributed by atoms with Gasteiger partial charge in [-0.3, -0.25) is 0 Å². The second kappa shape index (κ2) is 4.58. The predicted octanol–water partition coefficient (Wildman–Crippen LogP) is 2.12. The maximum Gasteiger partial charge on any atom is 0.0900 e. The van der Waals surface area contributed by atoms with Crippen LogP contribution in [0.1, 0.15) is 28.9 Å². The number of hydrogen-bond donors (Lipinski definition) is 1. The third-order valence-corrected chi connectivity index (χ3v) is 2.78. The standard InChI is InChI=1S/C9H16N2S/c1-4-5-9-8(6-10-3)11-7(2)12-9/h10H,4-6H2,1-3H3. The monoisotopic (exact) mass is 184 g/mol. The number of aromatic nitrogens is 1. The number of nitrogens with zero attached hydrogens (tertiary/aromatic N) is 1. The zero-order valence-corrected chi connectivity index (χ0v) is 8.79. The SMILES string of the molecule is CCCc1sc(C)nc1CNC. The number of rotatable bonds is 4. The summed E-state index contributed by atoms with van der Waals surface area (Å²) in [4.78, 5) is 5.92. The number of thiazole rings is 1. The molecule has 0 bridgehead atoms. The Morgan fingerprint density at radius 1 is 1.50 bits per heavy atom. The van der Waals surface area contributed by atoms with Gasteiger partial charge < -0.3 is 5.32 Å². The summed E-state index contributed by atoms with van der Waals surface area (Å²) in [6.45, 7) is 5.18. The first-order valence-corrected chi connectivity index (χ1v) is 5.19. The van der Waals surface area contributed by atoms with Crippen molar-refractivity contribution in [2.24, 2.45) is 0 Å². The molecule has 0 saturated heterocycles. The molecule has 0 aliphatic rings. The van der Waals surface area contributed by atoms with Crippen LogP contribution in [0, 0.1) is 6.92 Å². The summed E-state index contributed by atoms with van der Waals surface area (Å²) in [6.07, 6.45) is 2.38. The van der Waals surface area contributed by atoms with Crippen LogP contribution in [-0.2, 0) is 13.0 Å². The van der Waals surface area contributed by atoms with Gasteiger partial charge in [0.25, 0.3) is 0 Å². The Bertz CT molecular complexity index is 219. The lowest BCUT2D eigenvalue weighted by atomic mass is 10.2. The zero-order chi connectivity index (χ0) is 8.97. The molecule has 0 aromatic carbocycles. The quantitative estimate of drug-likeness (QED) is 0.775. The van der Waals surface area contributed by atoms with Crippen molar-refractivity contribution < 1.29 is 0 Å². The zero-order valence-electron chi connectivity index (χ0n) is 7.98.